The monoisotopic (exact) mass is 358 g/mol. The van der Waals surface area contributed by atoms with Gasteiger partial charge in [-0.3, -0.25) is 4.79 Å². The van der Waals surface area contributed by atoms with Crippen molar-refractivity contribution in [2.45, 2.75) is 38.2 Å². The van der Waals surface area contributed by atoms with Gasteiger partial charge in [0.15, 0.2) is 0 Å². The van der Waals surface area contributed by atoms with Crippen LogP contribution >= 0.6 is 0 Å². The first kappa shape index (κ1) is 18.5. The fourth-order valence-electron chi connectivity index (χ4n) is 3.34. The summed E-state index contributed by atoms with van der Waals surface area (Å²) in [5.41, 5.74) is 0.622. The van der Waals surface area contributed by atoms with E-state index in [9.17, 15) is 4.79 Å². The third-order valence-electron chi connectivity index (χ3n) is 4.99. The fourth-order valence-corrected chi connectivity index (χ4v) is 3.34. The topological polar surface area (TPSA) is 64.8 Å². The number of ether oxygens (including phenoxy) is 2. The summed E-state index contributed by atoms with van der Waals surface area (Å²) in [6, 6.07) is 9.72. The number of para-hydroxylation sites is 1. The first-order valence-corrected chi connectivity index (χ1v) is 9.03. The Hall–Kier alpha value is -2.34. The van der Waals surface area contributed by atoms with E-state index >= 15 is 0 Å². The summed E-state index contributed by atoms with van der Waals surface area (Å²) < 4.78 is 16.9. The number of hydrogen-bond acceptors (Lipinski definition) is 5. The summed E-state index contributed by atoms with van der Waals surface area (Å²) in [6.07, 6.45) is 4.35. The quantitative estimate of drug-likeness (QED) is 0.761. The minimum Gasteiger partial charge on any atom is -0.490 e. The highest BCUT2D eigenvalue weighted by Gasteiger charge is 2.38. The number of likely N-dealkylation sites (tertiary alicyclic amines) is 1. The van der Waals surface area contributed by atoms with Gasteiger partial charge in [-0.1, -0.05) is 23.4 Å². The molecule has 1 fully saturated rings. The van der Waals surface area contributed by atoms with Crippen molar-refractivity contribution in [2.24, 2.45) is 0 Å². The maximum absolute atomic E-state index is 12.6. The Balaban J connectivity index is 1.58. The summed E-state index contributed by atoms with van der Waals surface area (Å²) in [5.74, 6) is 1.70. The maximum atomic E-state index is 12.6. The molecule has 0 saturated carbocycles. The number of carbonyl (C=O) groups excluding carboxylic acids is 1. The molecule has 1 saturated heterocycles. The highest BCUT2D eigenvalue weighted by Crippen LogP contribution is 2.27. The third-order valence-corrected chi connectivity index (χ3v) is 4.99. The van der Waals surface area contributed by atoms with E-state index in [1.165, 1.54) is 0 Å². The van der Waals surface area contributed by atoms with E-state index in [0.717, 1.165) is 36.5 Å². The van der Waals surface area contributed by atoms with E-state index in [2.05, 4.69) is 5.16 Å². The van der Waals surface area contributed by atoms with Crippen LogP contribution in [-0.2, 0) is 16.0 Å². The predicted molar refractivity (Wildman–Crippen MR) is 97.1 cm³/mol. The van der Waals surface area contributed by atoms with Gasteiger partial charge in [0.2, 0.25) is 5.91 Å². The second kappa shape index (κ2) is 8.36. The predicted octanol–water partition coefficient (Wildman–Crippen LogP) is 3.00. The molecule has 1 aromatic carbocycles. The van der Waals surface area contributed by atoms with Crippen molar-refractivity contribution >= 4 is 5.91 Å². The van der Waals surface area contributed by atoms with Crippen molar-refractivity contribution in [2.75, 3.05) is 26.8 Å². The van der Waals surface area contributed by atoms with Gasteiger partial charge >= 0.3 is 0 Å². The first-order chi connectivity index (χ1) is 12.6. The lowest BCUT2D eigenvalue weighted by Crippen LogP contribution is -2.54. The molecule has 6 heteroatoms. The van der Waals surface area contributed by atoms with Crippen molar-refractivity contribution in [3.63, 3.8) is 0 Å². The minimum absolute atomic E-state index is 0.110. The molecule has 1 aliphatic heterocycles. The van der Waals surface area contributed by atoms with Gasteiger partial charge < -0.3 is 18.9 Å². The van der Waals surface area contributed by atoms with Gasteiger partial charge in [-0.15, -0.1) is 0 Å². The van der Waals surface area contributed by atoms with E-state index in [1.54, 1.807) is 19.4 Å². The summed E-state index contributed by atoms with van der Waals surface area (Å²) in [5, 5.41) is 3.67. The maximum Gasteiger partial charge on any atom is 0.223 e. The van der Waals surface area contributed by atoms with E-state index < -0.39 is 5.60 Å². The van der Waals surface area contributed by atoms with Crippen molar-refractivity contribution in [3.8, 4) is 5.75 Å². The van der Waals surface area contributed by atoms with Gasteiger partial charge in [-0.25, -0.2) is 0 Å². The Morgan fingerprint density at radius 1 is 1.35 bits per heavy atom. The number of hydrogen-bond donors (Lipinski definition) is 0. The molecule has 0 radical (unpaired) electrons. The van der Waals surface area contributed by atoms with E-state index in [0.29, 0.717) is 26.0 Å². The standard InChI is InChI=1S/C20H26N2O4/c1-16-6-3-4-7-18(16)25-15-20(24-2)11-5-13-22(14-20)19(23)9-8-17-10-12-21-26-17/h3-4,6-7,10,12H,5,8-9,11,13-15H2,1-2H3/t20-/m0/s1. The average Bonchev–Trinajstić information content (AvgIpc) is 3.19. The Kier molecular flexibility index (Phi) is 5.93. The molecule has 2 aromatic rings. The molecule has 2 heterocycles. The molecular formula is C20H26N2O4. The van der Waals surface area contributed by atoms with Gasteiger partial charge in [0.1, 0.15) is 23.7 Å². The van der Waals surface area contributed by atoms with Crippen LogP contribution < -0.4 is 4.74 Å². The lowest BCUT2D eigenvalue weighted by Gasteiger charge is -2.41. The van der Waals surface area contributed by atoms with Gasteiger partial charge in [0, 0.05) is 32.6 Å². The average molecular weight is 358 g/mol. The zero-order valence-corrected chi connectivity index (χ0v) is 15.4. The van der Waals surface area contributed by atoms with Gasteiger partial charge in [0.05, 0.1) is 12.7 Å². The van der Waals surface area contributed by atoms with Crippen LogP contribution in [-0.4, -0.2) is 48.4 Å². The molecule has 0 N–H and O–H groups in total. The first-order valence-electron chi connectivity index (χ1n) is 9.03. The number of carbonyl (C=O) groups is 1. The highest BCUT2D eigenvalue weighted by molar-refractivity contribution is 5.76. The minimum atomic E-state index is -0.470. The molecule has 140 valence electrons. The largest absolute Gasteiger partial charge is 0.490 e. The Morgan fingerprint density at radius 3 is 2.92 bits per heavy atom. The molecule has 6 nitrogen and oxygen atoms in total. The molecule has 0 bridgehead atoms. The van der Waals surface area contributed by atoms with Gasteiger partial charge in [-0.2, -0.15) is 0 Å². The number of piperidine rings is 1. The van der Waals surface area contributed by atoms with Crippen molar-refractivity contribution < 1.29 is 18.8 Å². The van der Waals surface area contributed by atoms with Gasteiger partial charge in [0.25, 0.3) is 0 Å². The van der Waals surface area contributed by atoms with E-state index in [1.807, 2.05) is 36.1 Å². The molecular weight excluding hydrogens is 332 g/mol. The van der Waals surface area contributed by atoms with Crippen LogP contribution in [0.3, 0.4) is 0 Å². The van der Waals surface area contributed by atoms with E-state index in [4.69, 9.17) is 14.0 Å². The normalized spacial score (nSPS) is 20.2. The summed E-state index contributed by atoms with van der Waals surface area (Å²) in [6.45, 7) is 3.75. The summed E-state index contributed by atoms with van der Waals surface area (Å²) in [7, 11) is 1.70. The number of methoxy groups -OCH3 is 1. The van der Waals surface area contributed by atoms with Crippen molar-refractivity contribution in [1.82, 2.24) is 10.1 Å². The van der Waals surface area contributed by atoms with E-state index in [-0.39, 0.29) is 5.91 Å². The lowest BCUT2D eigenvalue weighted by molar-refractivity contribution is -0.143. The molecule has 26 heavy (non-hydrogen) atoms. The second-order valence-corrected chi connectivity index (χ2v) is 6.84. The van der Waals surface area contributed by atoms with Crippen LogP contribution in [0.1, 0.15) is 30.6 Å². The highest BCUT2D eigenvalue weighted by atomic mass is 16.5. The number of amides is 1. The molecule has 1 atom stereocenters. The van der Waals surface area contributed by atoms with Crippen LogP contribution in [0.25, 0.3) is 0 Å². The molecule has 1 aromatic heterocycles. The molecule has 0 spiro atoms. The van der Waals surface area contributed by atoms with Crippen molar-refractivity contribution in [3.05, 3.63) is 47.9 Å². The number of nitrogens with zero attached hydrogens (tertiary/aromatic N) is 2. The summed E-state index contributed by atoms with van der Waals surface area (Å²) in [4.78, 5) is 14.5. The zero-order valence-electron chi connectivity index (χ0n) is 15.4. The molecule has 1 amide bonds. The van der Waals surface area contributed by atoms with Crippen LogP contribution in [0.4, 0.5) is 0 Å². The summed E-state index contributed by atoms with van der Waals surface area (Å²) >= 11 is 0. The third kappa shape index (κ3) is 4.43. The molecule has 0 aliphatic carbocycles. The Morgan fingerprint density at radius 2 is 2.19 bits per heavy atom. The molecule has 0 unspecified atom stereocenters. The van der Waals surface area contributed by atoms with Crippen LogP contribution in [0, 0.1) is 6.92 Å². The number of benzene rings is 1. The smallest absolute Gasteiger partial charge is 0.223 e. The van der Waals surface area contributed by atoms with Crippen LogP contribution in [0.5, 0.6) is 5.75 Å². The second-order valence-electron chi connectivity index (χ2n) is 6.84. The van der Waals surface area contributed by atoms with Crippen LogP contribution in [0.2, 0.25) is 0 Å². The molecule has 3 rings (SSSR count). The fraction of sp³-hybridized carbons (Fsp3) is 0.500. The Labute approximate surface area is 154 Å². The molecule has 1 aliphatic rings. The number of aryl methyl sites for hydroxylation is 2. The lowest BCUT2D eigenvalue weighted by atomic mass is 9.93. The zero-order chi connectivity index (χ0) is 18.4. The Bertz CT molecular complexity index is 716. The number of aromatic nitrogens is 1. The van der Waals surface area contributed by atoms with Crippen molar-refractivity contribution in [1.29, 1.82) is 0 Å². The van der Waals surface area contributed by atoms with Crippen LogP contribution in [0.15, 0.2) is 41.1 Å². The SMILES string of the molecule is CO[C@@]1(COc2ccccc2C)CCCN(C(=O)CCc2ccno2)C1. The van der Waals surface area contributed by atoms with Gasteiger partial charge in [-0.05, 0) is 31.4 Å². The number of rotatable bonds is 7.